The molecular formula is C63H47BN4O2. The van der Waals surface area contributed by atoms with Crippen LogP contribution in [0.1, 0.15) is 54.5 Å². The Morgan fingerprint density at radius 3 is 1.77 bits per heavy atom. The van der Waals surface area contributed by atoms with E-state index in [1.165, 1.54) is 38.6 Å². The minimum absolute atomic E-state index is 0.00841. The molecule has 334 valence electrons. The minimum atomic E-state index is -0.459. The summed E-state index contributed by atoms with van der Waals surface area (Å²) in [7, 11) is 0. The smallest absolute Gasteiger partial charge is 0.260 e. The van der Waals surface area contributed by atoms with Crippen molar-refractivity contribution >= 4 is 44.9 Å². The van der Waals surface area contributed by atoms with Gasteiger partial charge in [0.05, 0.1) is 11.0 Å². The predicted octanol–water partition coefficient (Wildman–Crippen LogP) is 13.5. The lowest BCUT2D eigenvalue weighted by Gasteiger charge is -2.33. The molecule has 13 rings (SSSR count). The molecule has 0 amide bonds. The first-order valence-electron chi connectivity index (χ1n) is 24.1. The molecular weight excluding hydrogens is 856 g/mol. The number of aromatic nitrogens is 4. The molecule has 0 spiro atoms. The second-order valence-corrected chi connectivity index (χ2v) is 19.2. The molecule has 0 bridgehead atoms. The lowest BCUT2D eigenvalue weighted by atomic mass is 9.35. The van der Waals surface area contributed by atoms with E-state index in [4.69, 9.17) is 24.4 Å². The van der Waals surface area contributed by atoms with Crippen molar-refractivity contribution in [2.24, 2.45) is 0 Å². The number of hydrogen-bond acceptors (Lipinski definition) is 5. The summed E-state index contributed by atoms with van der Waals surface area (Å²) in [6, 6.07) is 72.8. The van der Waals surface area contributed by atoms with Crippen LogP contribution in [-0.4, -0.2) is 26.2 Å². The van der Waals surface area contributed by atoms with Crippen molar-refractivity contribution < 1.29 is 9.47 Å². The van der Waals surface area contributed by atoms with Crippen LogP contribution < -0.4 is 25.9 Å². The summed E-state index contributed by atoms with van der Waals surface area (Å²) in [6.45, 7) is 9.33. The third-order valence-electron chi connectivity index (χ3n) is 14.7. The Hall–Kier alpha value is -8.55. The van der Waals surface area contributed by atoms with E-state index in [9.17, 15) is 0 Å². The molecule has 0 unspecified atom stereocenters. The highest BCUT2D eigenvalue weighted by Gasteiger charge is 2.40. The zero-order valence-corrected chi connectivity index (χ0v) is 39.4. The van der Waals surface area contributed by atoms with E-state index in [-0.39, 0.29) is 12.6 Å². The molecule has 4 heterocycles. The van der Waals surface area contributed by atoms with Crippen LogP contribution in [-0.2, 0) is 5.41 Å². The molecule has 0 fully saturated rings. The number of hydrogen-bond donors (Lipinski definition) is 0. The maximum absolute atomic E-state index is 6.79. The predicted molar refractivity (Wildman–Crippen MR) is 285 cm³/mol. The first kappa shape index (κ1) is 41.6. The average molecular weight is 903 g/mol. The maximum atomic E-state index is 6.79. The van der Waals surface area contributed by atoms with Crippen molar-refractivity contribution in [1.82, 2.24) is 19.5 Å². The zero-order valence-electron chi connectivity index (χ0n) is 39.4. The molecule has 0 saturated carbocycles. The van der Waals surface area contributed by atoms with Gasteiger partial charge in [0.1, 0.15) is 23.0 Å². The summed E-state index contributed by atoms with van der Waals surface area (Å²) in [4.78, 5) is 15.4. The molecule has 7 heteroatoms. The van der Waals surface area contributed by atoms with Gasteiger partial charge in [-0.05, 0) is 94.2 Å². The molecule has 9 aromatic carbocycles. The first-order chi connectivity index (χ1) is 34.3. The van der Waals surface area contributed by atoms with Gasteiger partial charge in [0, 0.05) is 56.0 Å². The van der Waals surface area contributed by atoms with Gasteiger partial charge in [-0.1, -0.05) is 172 Å². The Morgan fingerprint density at radius 2 is 1.06 bits per heavy atom. The summed E-state index contributed by atoms with van der Waals surface area (Å²) in [5.41, 5.74) is 15.3. The van der Waals surface area contributed by atoms with Crippen LogP contribution in [0.15, 0.2) is 206 Å². The van der Waals surface area contributed by atoms with Crippen molar-refractivity contribution in [3.8, 4) is 62.8 Å². The molecule has 2 aliphatic heterocycles. The molecule has 11 aromatic rings. The Labute approximate surface area is 408 Å². The van der Waals surface area contributed by atoms with Crippen LogP contribution >= 0.6 is 0 Å². The summed E-state index contributed by atoms with van der Waals surface area (Å²) in [6.07, 6.45) is 0. The molecule has 70 heavy (non-hydrogen) atoms. The van der Waals surface area contributed by atoms with Gasteiger partial charge < -0.3 is 14.0 Å². The van der Waals surface area contributed by atoms with Gasteiger partial charge in [0.2, 0.25) is 0 Å². The fourth-order valence-electron chi connectivity index (χ4n) is 11.2. The quantitative estimate of drug-likeness (QED) is 0.142. The van der Waals surface area contributed by atoms with Gasteiger partial charge in [-0.25, -0.2) is 15.0 Å². The van der Waals surface area contributed by atoms with Crippen LogP contribution in [0.2, 0.25) is 0 Å². The van der Waals surface area contributed by atoms with E-state index in [1.54, 1.807) is 0 Å². The third-order valence-corrected chi connectivity index (χ3v) is 14.7. The number of rotatable bonds is 8. The van der Waals surface area contributed by atoms with Crippen molar-refractivity contribution in [3.63, 3.8) is 0 Å². The number of nitrogens with zero attached hydrogens (tertiary/aromatic N) is 4. The normalized spacial score (nSPS) is 13.0. The van der Waals surface area contributed by atoms with Gasteiger partial charge in [0.25, 0.3) is 6.71 Å². The Morgan fingerprint density at radius 1 is 0.471 bits per heavy atom. The van der Waals surface area contributed by atoms with Gasteiger partial charge >= 0.3 is 0 Å². The zero-order chi connectivity index (χ0) is 47.1. The van der Waals surface area contributed by atoms with Crippen LogP contribution in [0.5, 0.6) is 23.0 Å². The summed E-state index contributed by atoms with van der Waals surface area (Å²) < 4.78 is 15.6. The lowest BCUT2D eigenvalue weighted by Crippen LogP contribution is -2.57. The molecule has 0 radical (unpaired) electrons. The number of fused-ring (bicyclic) bond motifs is 7. The number of para-hydroxylation sites is 2. The van der Waals surface area contributed by atoms with Gasteiger partial charge in [-0.2, -0.15) is 0 Å². The van der Waals surface area contributed by atoms with Crippen LogP contribution in [0.3, 0.4) is 0 Å². The van der Waals surface area contributed by atoms with Gasteiger partial charge in [-0.3, -0.25) is 0 Å². The van der Waals surface area contributed by atoms with Gasteiger partial charge in [0.15, 0.2) is 17.5 Å². The molecule has 2 aliphatic rings. The van der Waals surface area contributed by atoms with Crippen molar-refractivity contribution in [2.75, 3.05) is 0 Å². The van der Waals surface area contributed by atoms with Gasteiger partial charge in [-0.15, -0.1) is 0 Å². The second-order valence-electron chi connectivity index (χ2n) is 19.2. The van der Waals surface area contributed by atoms with E-state index in [0.29, 0.717) is 17.5 Å². The lowest BCUT2D eigenvalue weighted by molar-refractivity contribution is 0.464. The number of benzene rings is 9. The highest BCUT2D eigenvalue weighted by molar-refractivity contribution is 6.98. The molecule has 0 N–H and O–H groups in total. The third kappa shape index (κ3) is 6.75. The topological polar surface area (TPSA) is 62.1 Å². The Kier molecular flexibility index (Phi) is 9.70. The molecule has 6 nitrogen and oxygen atoms in total. The SMILES string of the molecule is Cc1cc2c(cc1C(C)(C)c1cc(-c3nc(-c4ccccc4)nc(-c4ccccc4)n3)ccc1[C@@H](C)c1ccccc1)c1ccccc1n2-c1ccc2c(c1)Oc1cccc3c1B2c1ccccc1O3. The number of aryl methyl sites for hydroxylation is 1. The Balaban J connectivity index is 0.967. The van der Waals surface area contributed by atoms with Crippen molar-refractivity contribution in [1.29, 1.82) is 0 Å². The largest absolute Gasteiger partial charge is 0.458 e. The van der Waals surface area contributed by atoms with Crippen LogP contribution in [0.25, 0.3) is 61.7 Å². The standard InChI is InChI=1S/C63H47BN4O2/c1-39-35-54-48(47-25-14-16-27-53(47)68(54)45-32-34-52-58(37-45)70-57-30-18-29-56-59(57)64(52)51-26-15-17-28-55(51)69-56)38-49(39)63(3,4)50-36-44(31-33-46(50)40(2)41-19-8-5-9-20-41)62-66-60(42-21-10-6-11-22-42)65-61(67-62)43-23-12-7-13-24-43/h5-38,40H,1-4H3/t40-/m0/s1. The van der Waals surface area contributed by atoms with Crippen LogP contribution in [0.4, 0.5) is 0 Å². The summed E-state index contributed by atoms with van der Waals surface area (Å²) >= 11 is 0. The molecule has 1 atom stereocenters. The molecule has 0 aliphatic carbocycles. The van der Waals surface area contributed by atoms with E-state index in [1.807, 2.05) is 54.6 Å². The second kappa shape index (κ2) is 16.3. The maximum Gasteiger partial charge on any atom is 0.260 e. The van der Waals surface area contributed by atoms with E-state index < -0.39 is 5.41 Å². The van der Waals surface area contributed by atoms with E-state index in [0.717, 1.165) is 72.8 Å². The van der Waals surface area contributed by atoms with E-state index >= 15 is 0 Å². The summed E-state index contributed by atoms with van der Waals surface area (Å²) in [5.74, 6) is 5.46. The fourth-order valence-corrected chi connectivity index (χ4v) is 11.2. The summed E-state index contributed by atoms with van der Waals surface area (Å²) in [5, 5.41) is 2.39. The van der Waals surface area contributed by atoms with Crippen LogP contribution in [0, 0.1) is 6.92 Å². The number of ether oxygens (including phenoxy) is 2. The van der Waals surface area contributed by atoms with Crippen molar-refractivity contribution in [2.45, 2.75) is 39.0 Å². The van der Waals surface area contributed by atoms with Crippen molar-refractivity contribution in [3.05, 3.63) is 234 Å². The highest BCUT2D eigenvalue weighted by Crippen LogP contribution is 2.45. The fraction of sp³-hybridized carbons (Fsp3) is 0.0952. The van der Waals surface area contributed by atoms with E-state index in [2.05, 4.69) is 184 Å². The average Bonchev–Trinajstić information content (AvgIpc) is 3.73. The highest BCUT2D eigenvalue weighted by atomic mass is 16.5. The minimum Gasteiger partial charge on any atom is -0.458 e. The Bertz CT molecular complexity index is 3790. The molecule has 0 saturated heterocycles. The molecule has 2 aromatic heterocycles. The first-order valence-corrected chi connectivity index (χ1v) is 24.1. The monoisotopic (exact) mass is 902 g/mol.